The first-order valence-electron chi connectivity index (χ1n) is 3.96. The van der Waals surface area contributed by atoms with Crippen LogP contribution in [0.15, 0.2) is 11.6 Å². The number of hydrogen-bond acceptors (Lipinski definition) is 2. The molecule has 1 unspecified atom stereocenters. The van der Waals surface area contributed by atoms with Crippen LogP contribution in [0.4, 0.5) is 0 Å². The SMILES string of the molecule is CCCCC(O)/C(C)=C\C#N. The fraction of sp³-hybridized carbons (Fsp3) is 0.667. The van der Waals surface area contributed by atoms with E-state index >= 15 is 0 Å². The lowest BCUT2D eigenvalue weighted by atomic mass is 10.1. The summed E-state index contributed by atoms with van der Waals surface area (Å²) in [5, 5.41) is 17.6. The molecule has 62 valence electrons. The Bertz CT molecular complexity index is 167. The zero-order valence-corrected chi connectivity index (χ0v) is 7.17. The molecule has 0 aromatic rings. The zero-order valence-electron chi connectivity index (χ0n) is 7.17. The molecule has 0 saturated carbocycles. The second-order valence-electron chi connectivity index (χ2n) is 2.68. The van der Waals surface area contributed by atoms with Gasteiger partial charge in [-0.05, 0) is 18.9 Å². The lowest BCUT2D eigenvalue weighted by Crippen LogP contribution is -2.07. The summed E-state index contributed by atoms with van der Waals surface area (Å²) < 4.78 is 0. The summed E-state index contributed by atoms with van der Waals surface area (Å²) in [7, 11) is 0. The maximum atomic E-state index is 9.36. The normalized spacial score (nSPS) is 14.2. The Kier molecular flexibility index (Phi) is 5.50. The Morgan fingerprint density at radius 2 is 2.36 bits per heavy atom. The van der Waals surface area contributed by atoms with Crippen molar-refractivity contribution < 1.29 is 5.11 Å². The molecule has 2 heteroatoms. The van der Waals surface area contributed by atoms with Gasteiger partial charge in [-0.1, -0.05) is 19.8 Å². The van der Waals surface area contributed by atoms with E-state index in [2.05, 4.69) is 6.92 Å². The van der Waals surface area contributed by atoms with Crippen LogP contribution in [0.25, 0.3) is 0 Å². The molecule has 0 rings (SSSR count). The van der Waals surface area contributed by atoms with Gasteiger partial charge in [0, 0.05) is 6.08 Å². The fourth-order valence-electron chi connectivity index (χ4n) is 0.823. The van der Waals surface area contributed by atoms with E-state index in [0.717, 1.165) is 24.8 Å². The summed E-state index contributed by atoms with van der Waals surface area (Å²) in [5.41, 5.74) is 0.765. The predicted octanol–water partition coefficient (Wildman–Crippen LogP) is 2.01. The van der Waals surface area contributed by atoms with E-state index in [0.29, 0.717) is 0 Å². The summed E-state index contributed by atoms with van der Waals surface area (Å²) in [6.07, 6.45) is 3.84. The Morgan fingerprint density at radius 3 is 2.82 bits per heavy atom. The first kappa shape index (κ1) is 10.2. The van der Waals surface area contributed by atoms with Crippen molar-refractivity contribution in [3.8, 4) is 6.07 Å². The van der Waals surface area contributed by atoms with E-state index in [4.69, 9.17) is 5.26 Å². The van der Waals surface area contributed by atoms with Gasteiger partial charge in [-0.25, -0.2) is 0 Å². The minimum absolute atomic E-state index is 0.422. The smallest absolute Gasteiger partial charge is 0.0912 e. The summed E-state index contributed by atoms with van der Waals surface area (Å²) in [4.78, 5) is 0. The largest absolute Gasteiger partial charge is 0.389 e. The van der Waals surface area contributed by atoms with E-state index < -0.39 is 6.10 Å². The molecule has 0 radical (unpaired) electrons. The first-order valence-corrected chi connectivity index (χ1v) is 3.96. The van der Waals surface area contributed by atoms with E-state index in [9.17, 15) is 5.11 Å². The van der Waals surface area contributed by atoms with Crippen molar-refractivity contribution in [3.63, 3.8) is 0 Å². The maximum absolute atomic E-state index is 9.36. The molecule has 1 N–H and O–H groups in total. The molecule has 1 atom stereocenters. The van der Waals surface area contributed by atoms with Gasteiger partial charge in [0.1, 0.15) is 0 Å². The van der Waals surface area contributed by atoms with E-state index in [1.54, 1.807) is 6.92 Å². The molecule has 11 heavy (non-hydrogen) atoms. The van der Waals surface area contributed by atoms with Crippen LogP contribution in [-0.4, -0.2) is 11.2 Å². The third kappa shape index (κ3) is 4.58. The van der Waals surface area contributed by atoms with Gasteiger partial charge in [-0.15, -0.1) is 0 Å². The van der Waals surface area contributed by atoms with E-state index in [1.165, 1.54) is 6.08 Å². The second-order valence-corrected chi connectivity index (χ2v) is 2.68. The van der Waals surface area contributed by atoms with Gasteiger partial charge in [-0.3, -0.25) is 0 Å². The van der Waals surface area contributed by atoms with Crippen LogP contribution in [0.3, 0.4) is 0 Å². The summed E-state index contributed by atoms with van der Waals surface area (Å²) in [6, 6.07) is 1.90. The van der Waals surface area contributed by atoms with Crippen molar-refractivity contribution in [3.05, 3.63) is 11.6 Å². The second kappa shape index (κ2) is 5.94. The van der Waals surface area contributed by atoms with Gasteiger partial charge < -0.3 is 5.11 Å². The van der Waals surface area contributed by atoms with Gasteiger partial charge in [0.05, 0.1) is 12.2 Å². The third-order valence-electron chi connectivity index (χ3n) is 1.65. The van der Waals surface area contributed by atoms with E-state index in [-0.39, 0.29) is 0 Å². The highest BCUT2D eigenvalue weighted by atomic mass is 16.3. The van der Waals surface area contributed by atoms with Crippen LogP contribution in [0.5, 0.6) is 0 Å². The molecule has 0 bridgehead atoms. The number of nitriles is 1. The minimum Gasteiger partial charge on any atom is -0.389 e. The molecule has 0 aromatic carbocycles. The fourth-order valence-corrected chi connectivity index (χ4v) is 0.823. The Balaban J connectivity index is 3.75. The predicted molar refractivity (Wildman–Crippen MR) is 44.9 cm³/mol. The minimum atomic E-state index is -0.422. The number of unbranched alkanes of at least 4 members (excludes halogenated alkanes) is 1. The number of allylic oxidation sites excluding steroid dienone is 1. The lowest BCUT2D eigenvalue weighted by Gasteiger charge is -2.08. The highest BCUT2D eigenvalue weighted by Crippen LogP contribution is 2.08. The van der Waals surface area contributed by atoms with Gasteiger partial charge >= 0.3 is 0 Å². The number of rotatable bonds is 4. The first-order chi connectivity index (χ1) is 5.22. The molecule has 0 amide bonds. The molecule has 0 aliphatic rings. The summed E-state index contributed by atoms with van der Waals surface area (Å²) >= 11 is 0. The van der Waals surface area contributed by atoms with Crippen molar-refractivity contribution in [2.75, 3.05) is 0 Å². The average molecular weight is 153 g/mol. The summed E-state index contributed by atoms with van der Waals surface area (Å²) in [6.45, 7) is 3.86. The van der Waals surface area contributed by atoms with Gasteiger partial charge in [0.25, 0.3) is 0 Å². The Labute approximate surface area is 68.2 Å². The van der Waals surface area contributed by atoms with Crippen molar-refractivity contribution in [2.24, 2.45) is 0 Å². The molecule has 0 aromatic heterocycles. The summed E-state index contributed by atoms with van der Waals surface area (Å²) in [5.74, 6) is 0. The molecular formula is C9H15NO. The average Bonchev–Trinajstić information content (AvgIpc) is 2.00. The number of aliphatic hydroxyl groups is 1. The van der Waals surface area contributed by atoms with Crippen LogP contribution in [-0.2, 0) is 0 Å². The molecule has 0 heterocycles. The lowest BCUT2D eigenvalue weighted by molar-refractivity contribution is 0.197. The van der Waals surface area contributed by atoms with E-state index in [1.807, 2.05) is 6.07 Å². The molecule has 0 aliphatic carbocycles. The molecule has 2 nitrogen and oxygen atoms in total. The Morgan fingerprint density at radius 1 is 1.73 bits per heavy atom. The van der Waals surface area contributed by atoms with Gasteiger partial charge in [0.15, 0.2) is 0 Å². The Hall–Kier alpha value is -0.810. The quantitative estimate of drug-likeness (QED) is 0.628. The monoisotopic (exact) mass is 153 g/mol. The maximum Gasteiger partial charge on any atom is 0.0912 e. The van der Waals surface area contributed by atoms with Crippen LogP contribution < -0.4 is 0 Å². The number of nitrogens with zero attached hydrogens (tertiary/aromatic N) is 1. The van der Waals surface area contributed by atoms with Crippen molar-refractivity contribution in [1.82, 2.24) is 0 Å². The number of aliphatic hydroxyl groups excluding tert-OH is 1. The highest BCUT2D eigenvalue weighted by molar-refractivity contribution is 5.14. The van der Waals surface area contributed by atoms with Crippen molar-refractivity contribution in [2.45, 2.75) is 39.2 Å². The van der Waals surface area contributed by atoms with Crippen LogP contribution in [0, 0.1) is 11.3 Å². The molecule has 0 saturated heterocycles. The van der Waals surface area contributed by atoms with Crippen molar-refractivity contribution >= 4 is 0 Å². The van der Waals surface area contributed by atoms with Crippen LogP contribution in [0.1, 0.15) is 33.1 Å². The standard InChI is InChI=1S/C9H15NO/c1-3-4-5-9(11)8(2)6-7-10/h6,9,11H,3-5H2,1-2H3/b8-6-. The zero-order chi connectivity index (χ0) is 8.69. The van der Waals surface area contributed by atoms with Crippen LogP contribution >= 0.6 is 0 Å². The molecule has 0 spiro atoms. The van der Waals surface area contributed by atoms with Gasteiger partial charge in [-0.2, -0.15) is 5.26 Å². The topological polar surface area (TPSA) is 44.0 Å². The van der Waals surface area contributed by atoms with Gasteiger partial charge in [0.2, 0.25) is 0 Å². The molecule has 0 aliphatic heterocycles. The number of hydrogen-bond donors (Lipinski definition) is 1. The van der Waals surface area contributed by atoms with Crippen LogP contribution in [0.2, 0.25) is 0 Å². The molecule has 0 fully saturated rings. The highest BCUT2D eigenvalue weighted by Gasteiger charge is 2.03. The third-order valence-corrected chi connectivity index (χ3v) is 1.65. The van der Waals surface area contributed by atoms with Crippen molar-refractivity contribution in [1.29, 1.82) is 5.26 Å². The molecular weight excluding hydrogens is 138 g/mol.